The fraction of sp³-hybridized carbons (Fsp3) is 0.462. The van der Waals surface area contributed by atoms with E-state index in [0.717, 1.165) is 5.56 Å². The first kappa shape index (κ1) is 16.1. The molecular weight excluding hydrogens is 285 g/mol. The Hall–Kier alpha value is -0.970. The van der Waals surface area contributed by atoms with Gasteiger partial charge in [0, 0.05) is 43.3 Å². The van der Waals surface area contributed by atoms with Gasteiger partial charge in [0.1, 0.15) is 0 Å². The van der Waals surface area contributed by atoms with E-state index in [2.05, 4.69) is 10.6 Å². The van der Waals surface area contributed by atoms with Crippen LogP contribution in [0.3, 0.4) is 0 Å². The van der Waals surface area contributed by atoms with Crippen molar-refractivity contribution in [1.82, 2.24) is 15.5 Å². The number of hydrogen-bond acceptors (Lipinski definition) is 2. The number of amides is 2. The van der Waals surface area contributed by atoms with Crippen molar-refractivity contribution in [2.24, 2.45) is 0 Å². The molecular formula is C13H19Cl2N3O. The molecule has 0 aliphatic heterocycles. The Morgan fingerprint density at radius 3 is 2.58 bits per heavy atom. The number of hydrogen-bond donors (Lipinski definition) is 2. The second kappa shape index (κ2) is 7.58. The Balaban J connectivity index is 2.39. The minimum atomic E-state index is -0.0982. The van der Waals surface area contributed by atoms with Crippen LogP contribution in [0.4, 0.5) is 4.79 Å². The molecule has 0 fully saturated rings. The normalized spacial score (nSPS) is 12.1. The molecule has 1 atom stereocenters. The first-order valence-electron chi connectivity index (χ1n) is 6.05. The molecule has 0 spiro atoms. The van der Waals surface area contributed by atoms with Gasteiger partial charge in [-0.15, -0.1) is 0 Å². The van der Waals surface area contributed by atoms with Crippen LogP contribution >= 0.6 is 23.2 Å². The molecule has 1 aromatic carbocycles. The van der Waals surface area contributed by atoms with Crippen LogP contribution in [0.2, 0.25) is 10.0 Å². The lowest BCUT2D eigenvalue weighted by Gasteiger charge is -2.17. The molecule has 2 amide bonds. The highest BCUT2D eigenvalue weighted by molar-refractivity contribution is 6.35. The highest BCUT2D eigenvalue weighted by Gasteiger charge is 2.09. The summed E-state index contributed by atoms with van der Waals surface area (Å²) in [7, 11) is 3.41. The maximum atomic E-state index is 11.3. The third-order valence-corrected chi connectivity index (χ3v) is 3.25. The number of urea groups is 1. The number of halogens is 2. The van der Waals surface area contributed by atoms with E-state index in [1.165, 1.54) is 4.90 Å². The van der Waals surface area contributed by atoms with Gasteiger partial charge in [-0.3, -0.25) is 0 Å². The lowest BCUT2D eigenvalue weighted by molar-refractivity contribution is 0.217. The molecule has 19 heavy (non-hydrogen) atoms. The van der Waals surface area contributed by atoms with E-state index in [0.29, 0.717) is 23.1 Å². The Morgan fingerprint density at radius 2 is 2.00 bits per heavy atom. The van der Waals surface area contributed by atoms with Gasteiger partial charge >= 0.3 is 6.03 Å². The van der Waals surface area contributed by atoms with Crippen LogP contribution in [0, 0.1) is 0 Å². The molecule has 0 heterocycles. The Labute approximate surface area is 124 Å². The van der Waals surface area contributed by atoms with Gasteiger partial charge < -0.3 is 15.5 Å². The monoisotopic (exact) mass is 303 g/mol. The molecule has 6 heteroatoms. The maximum Gasteiger partial charge on any atom is 0.316 e. The van der Waals surface area contributed by atoms with Crippen LogP contribution in [-0.2, 0) is 0 Å². The van der Waals surface area contributed by atoms with E-state index in [-0.39, 0.29) is 12.1 Å². The average Bonchev–Trinajstić information content (AvgIpc) is 2.33. The molecule has 0 saturated heterocycles. The molecule has 0 aromatic heterocycles. The zero-order chi connectivity index (χ0) is 14.4. The largest absolute Gasteiger partial charge is 0.337 e. The number of nitrogens with one attached hydrogen (secondary N) is 2. The quantitative estimate of drug-likeness (QED) is 0.822. The topological polar surface area (TPSA) is 44.4 Å². The van der Waals surface area contributed by atoms with E-state index < -0.39 is 0 Å². The Kier molecular flexibility index (Phi) is 6.42. The maximum absolute atomic E-state index is 11.3. The summed E-state index contributed by atoms with van der Waals surface area (Å²) in [6.07, 6.45) is 0. The van der Waals surface area contributed by atoms with Crippen LogP contribution in [0.1, 0.15) is 18.5 Å². The van der Waals surface area contributed by atoms with Gasteiger partial charge in [-0.05, 0) is 24.6 Å². The molecule has 1 rings (SSSR count). The minimum absolute atomic E-state index is 0.0982. The lowest BCUT2D eigenvalue weighted by Crippen LogP contribution is -2.38. The summed E-state index contributed by atoms with van der Waals surface area (Å²) in [6, 6.07) is 5.44. The summed E-state index contributed by atoms with van der Waals surface area (Å²) in [4.78, 5) is 12.8. The first-order valence-corrected chi connectivity index (χ1v) is 6.81. The molecule has 0 saturated carbocycles. The minimum Gasteiger partial charge on any atom is -0.337 e. The molecule has 0 aliphatic rings. The summed E-state index contributed by atoms with van der Waals surface area (Å²) in [5.74, 6) is 0. The van der Waals surface area contributed by atoms with Crippen LogP contribution < -0.4 is 10.6 Å². The number of carbonyl (C=O) groups is 1. The molecule has 2 N–H and O–H groups in total. The molecule has 1 aromatic rings. The third-order valence-electron chi connectivity index (χ3n) is 2.69. The summed E-state index contributed by atoms with van der Waals surface area (Å²) in [6.45, 7) is 3.25. The van der Waals surface area contributed by atoms with Gasteiger partial charge in [-0.25, -0.2) is 4.79 Å². The molecule has 0 radical (unpaired) electrons. The molecule has 4 nitrogen and oxygen atoms in total. The van der Waals surface area contributed by atoms with Gasteiger partial charge in [0.15, 0.2) is 0 Å². The fourth-order valence-corrected chi connectivity index (χ4v) is 2.15. The summed E-state index contributed by atoms with van der Waals surface area (Å²) in [5.41, 5.74) is 0.991. The van der Waals surface area contributed by atoms with Crippen molar-refractivity contribution in [2.75, 3.05) is 27.2 Å². The van der Waals surface area contributed by atoms with Crippen molar-refractivity contribution in [3.05, 3.63) is 33.8 Å². The Morgan fingerprint density at radius 1 is 1.32 bits per heavy atom. The average molecular weight is 304 g/mol. The standard InChI is InChI=1S/C13H19Cl2N3O/c1-9(11-5-4-10(14)8-12(11)15)16-6-7-17-13(19)18(2)3/h4-5,8-9,16H,6-7H2,1-3H3,(H,17,19). The number of benzene rings is 1. The zero-order valence-corrected chi connectivity index (χ0v) is 12.8. The predicted octanol–water partition coefficient (Wildman–Crippen LogP) is 2.92. The molecule has 106 valence electrons. The van der Waals surface area contributed by atoms with Crippen LogP contribution in [-0.4, -0.2) is 38.1 Å². The number of carbonyl (C=O) groups excluding carboxylic acids is 1. The fourth-order valence-electron chi connectivity index (χ4n) is 1.58. The van der Waals surface area contributed by atoms with E-state index >= 15 is 0 Å². The van der Waals surface area contributed by atoms with Gasteiger partial charge in [0.25, 0.3) is 0 Å². The SMILES string of the molecule is CC(NCCNC(=O)N(C)C)c1ccc(Cl)cc1Cl. The number of rotatable bonds is 5. The van der Waals surface area contributed by atoms with Crippen LogP contribution in [0.25, 0.3) is 0 Å². The van der Waals surface area contributed by atoms with E-state index in [1.807, 2.05) is 19.1 Å². The first-order chi connectivity index (χ1) is 8.91. The van der Waals surface area contributed by atoms with E-state index in [1.54, 1.807) is 20.2 Å². The lowest BCUT2D eigenvalue weighted by atomic mass is 10.1. The second-order valence-electron chi connectivity index (χ2n) is 4.47. The van der Waals surface area contributed by atoms with Crippen molar-refractivity contribution < 1.29 is 4.79 Å². The molecule has 0 aliphatic carbocycles. The van der Waals surface area contributed by atoms with Crippen molar-refractivity contribution >= 4 is 29.2 Å². The van der Waals surface area contributed by atoms with Crippen molar-refractivity contribution in [2.45, 2.75) is 13.0 Å². The van der Waals surface area contributed by atoms with Gasteiger partial charge in [0.05, 0.1) is 0 Å². The smallest absolute Gasteiger partial charge is 0.316 e. The third kappa shape index (κ3) is 5.27. The predicted molar refractivity (Wildman–Crippen MR) is 80.0 cm³/mol. The van der Waals surface area contributed by atoms with Crippen molar-refractivity contribution in [3.8, 4) is 0 Å². The van der Waals surface area contributed by atoms with Gasteiger partial charge in [-0.1, -0.05) is 29.3 Å². The summed E-state index contributed by atoms with van der Waals surface area (Å²) >= 11 is 12.0. The van der Waals surface area contributed by atoms with E-state index in [4.69, 9.17) is 23.2 Å². The molecule has 0 bridgehead atoms. The molecule has 1 unspecified atom stereocenters. The van der Waals surface area contributed by atoms with Crippen molar-refractivity contribution in [3.63, 3.8) is 0 Å². The Bertz CT molecular complexity index is 438. The highest BCUT2D eigenvalue weighted by atomic mass is 35.5. The van der Waals surface area contributed by atoms with Gasteiger partial charge in [-0.2, -0.15) is 0 Å². The van der Waals surface area contributed by atoms with E-state index in [9.17, 15) is 4.79 Å². The van der Waals surface area contributed by atoms with Gasteiger partial charge in [0.2, 0.25) is 0 Å². The van der Waals surface area contributed by atoms with Crippen LogP contribution in [0.5, 0.6) is 0 Å². The number of nitrogens with zero attached hydrogens (tertiary/aromatic N) is 1. The summed E-state index contributed by atoms with van der Waals surface area (Å²) in [5, 5.41) is 7.34. The summed E-state index contributed by atoms with van der Waals surface area (Å²) < 4.78 is 0. The van der Waals surface area contributed by atoms with Crippen molar-refractivity contribution in [1.29, 1.82) is 0 Å². The second-order valence-corrected chi connectivity index (χ2v) is 5.31. The van der Waals surface area contributed by atoms with Crippen LogP contribution in [0.15, 0.2) is 18.2 Å². The highest BCUT2D eigenvalue weighted by Crippen LogP contribution is 2.25. The zero-order valence-electron chi connectivity index (χ0n) is 11.3.